The monoisotopic (exact) mass is 406 g/mol. The summed E-state index contributed by atoms with van der Waals surface area (Å²) < 4.78 is 30.2. The van der Waals surface area contributed by atoms with Crippen LogP contribution in [0.3, 0.4) is 0 Å². The first-order chi connectivity index (χ1) is 12.2. The van der Waals surface area contributed by atoms with Gasteiger partial charge in [0.25, 0.3) is 15.9 Å². The fraction of sp³-hybridized carbons (Fsp3) is 0.500. The maximum Gasteiger partial charge on any atom is 0.338 e. The van der Waals surface area contributed by atoms with E-state index in [4.69, 9.17) is 16.3 Å². The van der Waals surface area contributed by atoms with Crippen LogP contribution in [-0.2, 0) is 24.4 Å². The summed E-state index contributed by atoms with van der Waals surface area (Å²) in [5.41, 5.74) is -0.0483. The summed E-state index contributed by atoms with van der Waals surface area (Å²) in [5, 5.41) is 2.66. The van der Waals surface area contributed by atoms with E-state index in [1.54, 1.807) is 0 Å². The van der Waals surface area contributed by atoms with Crippen LogP contribution < -0.4 is 5.32 Å². The van der Waals surface area contributed by atoms with Gasteiger partial charge in [-0.1, -0.05) is 29.9 Å². The van der Waals surface area contributed by atoms with Gasteiger partial charge in [-0.3, -0.25) is 9.63 Å². The van der Waals surface area contributed by atoms with Gasteiger partial charge in [0.1, 0.15) is 4.90 Å². The third-order valence-electron chi connectivity index (χ3n) is 3.73. The van der Waals surface area contributed by atoms with E-state index in [0.717, 1.165) is 18.9 Å². The second kappa shape index (κ2) is 9.86. The van der Waals surface area contributed by atoms with Crippen LogP contribution in [0.1, 0.15) is 37.0 Å². The Balaban J connectivity index is 2.89. The topological polar surface area (TPSA) is 102 Å². The number of halogens is 1. The lowest BCUT2D eigenvalue weighted by molar-refractivity contribution is -0.125. The minimum Gasteiger partial charge on any atom is -0.452 e. The molecule has 8 nitrogen and oxygen atoms in total. The van der Waals surface area contributed by atoms with Crippen molar-refractivity contribution in [3.05, 3.63) is 28.8 Å². The van der Waals surface area contributed by atoms with Gasteiger partial charge >= 0.3 is 5.97 Å². The van der Waals surface area contributed by atoms with Crippen molar-refractivity contribution < 1.29 is 27.6 Å². The van der Waals surface area contributed by atoms with Gasteiger partial charge in [-0.15, -0.1) is 0 Å². The number of nitrogens with one attached hydrogen (secondary N) is 1. The van der Waals surface area contributed by atoms with Crippen molar-refractivity contribution in [2.24, 2.45) is 0 Å². The molecule has 0 heterocycles. The molecule has 0 fully saturated rings. The van der Waals surface area contributed by atoms with Gasteiger partial charge in [-0.05, 0) is 31.0 Å². The average molecular weight is 407 g/mol. The predicted octanol–water partition coefficient (Wildman–Crippen LogP) is 1.98. The van der Waals surface area contributed by atoms with E-state index in [2.05, 4.69) is 10.2 Å². The first-order valence-electron chi connectivity index (χ1n) is 7.96. The van der Waals surface area contributed by atoms with Gasteiger partial charge in [-0.25, -0.2) is 13.2 Å². The molecule has 0 spiro atoms. The van der Waals surface area contributed by atoms with Crippen molar-refractivity contribution in [1.82, 2.24) is 9.79 Å². The minimum absolute atomic E-state index is 0.0121. The van der Waals surface area contributed by atoms with Crippen LogP contribution >= 0.6 is 11.6 Å². The fourth-order valence-electron chi connectivity index (χ4n) is 2.04. The molecule has 0 aliphatic heterocycles. The third kappa shape index (κ3) is 5.66. The number of carbonyl (C=O) groups is 2. The average Bonchev–Trinajstić information content (AvgIpc) is 2.63. The number of hydroxylamine groups is 1. The highest BCUT2D eigenvalue weighted by molar-refractivity contribution is 7.89. The molecule has 0 aromatic heterocycles. The first-order valence-corrected chi connectivity index (χ1v) is 9.78. The summed E-state index contributed by atoms with van der Waals surface area (Å²) in [6, 6.07) is 3.67. The molecule has 1 rings (SSSR count). The molecule has 1 N–H and O–H groups in total. The predicted molar refractivity (Wildman–Crippen MR) is 96.2 cm³/mol. The largest absolute Gasteiger partial charge is 0.452 e. The molecule has 10 heteroatoms. The van der Waals surface area contributed by atoms with Gasteiger partial charge in [0.05, 0.1) is 17.7 Å². The number of benzene rings is 1. The van der Waals surface area contributed by atoms with Crippen LogP contribution in [0, 0.1) is 0 Å². The van der Waals surface area contributed by atoms with E-state index in [1.165, 1.54) is 26.3 Å². The zero-order valence-electron chi connectivity index (χ0n) is 15.1. The number of esters is 1. The molecule has 0 atom stereocenters. The lowest BCUT2D eigenvalue weighted by Gasteiger charge is -2.16. The zero-order valence-corrected chi connectivity index (χ0v) is 16.7. The molecule has 0 saturated heterocycles. The van der Waals surface area contributed by atoms with Crippen molar-refractivity contribution in [3.63, 3.8) is 0 Å². The Labute approximate surface area is 158 Å². The molecular formula is C16H23ClN2O6S. The van der Waals surface area contributed by atoms with Crippen LogP contribution in [0.4, 0.5) is 0 Å². The van der Waals surface area contributed by atoms with E-state index in [-0.39, 0.29) is 21.5 Å². The summed E-state index contributed by atoms with van der Waals surface area (Å²) in [4.78, 5) is 28.3. The number of sulfonamides is 1. The highest BCUT2D eigenvalue weighted by atomic mass is 35.5. The molecule has 0 aliphatic carbocycles. The summed E-state index contributed by atoms with van der Waals surface area (Å²) in [5.74, 6) is -1.26. The standard InChI is InChI=1S/C16H23ClN2O6S/c1-5-12(6-2)18-15(20)10-25-16(21)11-7-8-13(17)14(9-11)26(22,23)19(3)24-4/h7-9,12H,5-6,10H2,1-4H3,(H,18,20). The molecule has 146 valence electrons. The van der Waals surface area contributed by atoms with Crippen molar-refractivity contribution in [3.8, 4) is 0 Å². The number of carbonyl (C=O) groups excluding carboxylic acids is 2. The molecule has 0 saturated carbocycles. The number of nitrogens with zero attached hydrogens (tertiary/aromatic N) is 1. The number of hydrogen-bond acceptors (Lipinski definition) is 6. The lowest BCUT2D eigenvalue weighted by atomic mass is 10.2. The normalized spacial score (nSPS) is 11.7. The van der Waals surface area contributed by atoms with Gasteiger partial charge in [0.15, 0.2) is 6.61 Å². The Morgan fingerprint density at radius 1 is 1.27 bits per heavy atom. The van der Waals surface area contributed by atoms with Crippen LogP contribution in [0.25, 0.3) is 0 Å². The van der Waals surface area contributed by atoms with E-state index >= 15 is 0 Å². The first kappa shape index (κ1) is 22.4. The molecule has 0 aliphatic rings. The third-order valence-corrected chi connectivity index (χ3v) is 5.89. The number of hydrogen-bond donors (Lipinski definition) is 1. The molecule has 1 aromatic rings. The quantitative estimate of drug-likeness (QED) is 0.497. The lowest BCUT2D eigenvalue weighted by Crippen LogP contribution is -2.36. The smallest absolute Gasteiger partial charge is 0.338 e. The number of rotatable bonds is 9. The molecular weight excluding hydrogens is 384 g/mol. The number of ether oxygens (including phenoxy) is 1. The van der Waals surface area contributed by atoms with Crippen molar-refractivity contribution >= 4 is 33.5 Å². The Bertz CT molecular complexity index is 749. The maximum absolute atomic E-state index is 12.3. The molecule has 1 aromatic carbocycles. The van der Waals surface area contributed by atoms with Crippen LogP contribution in [0.15, 0.2) is 23.1 Å². The van der Waals surface area contributed by atoms with Gasteiger partial charge < -0.3 is 10.1 Å². The minimum atomic E-state index is -4.04. The fourth-order valence-corrected chi connectivity index (χ4v) is 3.51. The van der Waals surface area contributed by atoms with Crippen molar-refractivity contribution in [1.29, 1.82) is 0 Å². The van der Waals surface area contributed by atoms with E-state index in [0.29, 0.717) is 4.47 Å². The molecule has 0 unspecified atom stereocenters. The van der Waals surface area contributed by atoms with Gasteiger partial charge in [0.2, 0.25) is 0 Å². The summed E-state index contributed by atoms with van der Waals surface area (Å²) >= 11 is 5.93. The molecule has 26 heavy (non-hydrogen) atoms. The second-order valence-electron chi connectivity index (χ2n) is 5.40. The van der Waals surface area contributed by atoms with Crippen LogP contribution in [-0.4, -0.2) is 51.6 Å². The summed E-state index contributed by atoms with van der Waals surface area (Å²) in [6.07, 6.45) is 1.53. The zero-order chi connectivity index (χ0) is 19.9. The van der Waals surface area contributed by atoms with Crippen molar-refractivity contribution in [2.45, 2.75) is 37.6 Å². The summed E-state index contributed by atoms with van der Waals surface area (Å²) in [7, 11) is -1.66. The highest BCUT2D eigenvalue weighted by Gasteiger charge is 2.25. The van der Waals surface area contributed by atoms with Crippen LogP contribution in [0.5, 0.6) is 0 Å². The van der Waals surface area contributed by atoms with Crippen LogP contribution in [0.2, 0.25) is 5.02 Å². The van der Waals surface area contributed by atoms with E-state index < -0.39 is 28.5 Å². The number of amides is 1. The van der Waals surface area contributed by atoms with E-state index in [1.807, 2.05) is 13.8 Å². The Kier molecular flexibility index (Phi) is 8.48. The van der Waals surface area contributed by atoms with Gasteiger partial charge in [-0.2, -0.15) is 0 Å². The Hall–Kier alpha value is -1.68. The molecule has 1 amide bonds. The maximum atomic E-state index is 12.3. The highest BCUT2D eigenvalue weighted by Crippen LogP contribution is 2.25. The second-order valence-corrected chi connectivity index (χ2v) is 7.71. The Morgan fingerprint density at radius 2 is 1.88 bits per heavy atom. The molecule has 0 radical (unpaired) electrons. The van der Waals surface area contributed by atoms with Gasteiger partial charge in [0, 0.05) is 13.1 Å². The SMILES string of the molecule is CCC(CC)NC(=O)COC(=O)c1ccc(Cl)c(S(=O)(=O)N(C)OC)c1. The Morgan fingerprint density at radius 3 is 2.42 bits per heavy atom. The van der Waals surface area contributed by atoms with Crippen molar-refractivity contribution in [2.75, 3.05) is 20.8 Å². The van der Waals surface area contributed by atoms with E-state index in [9.17, 15) is 18.0 Å². The molecule has 0 bridgehead atoms. The summed E-state index contributed by atoms with van der Waals surface area (Å²) in [6.45, 7) is 3.42.